The van der Waals surface area contributed by atoms with Crippen LogP contribution in [-0.4, -0.2) is 35.0 Å². The number of nitrogens with zero attached hydrogens (tertiary/aromatic N) is 3. The van der Waals surface area contributed by atoms with Crippen molar-refractivity contribution >= 4 is 29.7 Å². The molecule has 1 N–H and O–H groups in total. The van der Waals surface area contributed by atoms with E-state index >= 15 is 0 Å². The summed E-state index contributed by atoms with van der Waals surface area (Å²) in [6, 6.07) is 7.95. The van der Waals surface area contributed by atoms with Crippen molar-refractivity contribution in [3.05, 3.63) is 29.8 Å². The van der Waals surface area contributed by atoms with E-state index < -0.39 is 23.8 Å². The van der Waals surface area contributed by atoms with Crippen LogP contribution >= 0.6 is 0 Å². The second kappa shape index (κ2) is 6.37. The molecule has 3 aliphatic rings. The minimum atomic E-state index is -1.15. The molecule has 1 heterocycles. The van der Waals surface area contributed by atoms with Crippen LogP contribution in [0.2, 0.25) is 0 Å². The molecule has 2 saturated carbocycles. The van der Waals surface area contributed by atoms with E-state index in [9.17, 15) is 14.4 Å². The van der Waals surface area contributed by atoms with Gasteiger partial charge in [-0.3, -0.25) is 24.8 Å². The van der Waals surface area contributed by atoms with E-state index in [4.69, 9.17) is 5.26 Å². The molecule has 0 aromatic heterocycles. The molecule has 4 atom stereocenters. The van der Waals surface area contributed by atoms with Gasteiger partial charge in [0.1, 0.15) is 6.07 Å². The van der Waals surface area contributed by atoms with Gasteiger partial charge < -0.3 is 0 Å². The summed E-state index contributed by atoms with van der Waals surface area (Å²) in [6.07, 6.45) is 5.28. The van der Waals surface area contributed by atoms with Crippen LogP contribution in [0, 0.1) is 29.1 Å². The molecular formula is C19H18N4O3. The monoisotopic (exact) mass is 350 g/mol. The summed E-state index contributed by atoms with van der Waals surface area (Å²) in [5.41, 5.74) is 0.743. The topological polar surface area (TPSA) is 103 Å². The van der Waals surface area contributed by atoms with Gasteiger partial charge in [-0.25, -0.2) is 4.79 Å². The molecule has 1 saturated heterocycles. The summed E-state index contributed by atoms with van der Waals surface area (Å²) in [6.45, 7) is 0. The third-order valence-corrected chi connectivity index (χ3v) is 5.65. The molecule has 4 rings (SSSR count). The lowest BCUT2D eigenvalue weighted by atomic mass is 9.92. The smallest absolute Gasteiger partial charge is 0.277 e. The number of fused-ring (bicyclic) bond motifs is 2. The molecule has 0 spiro atoms. The van der Waals surface area contributed by atoms with Gasteiger partial charge in [-0.15, -0.1) is 0 Å². The van der Waals surface area contributed by atoms with Crippen LogP contribution in [0.1, 0.15) is 31.2 Å². The highest BCUT2D eigenvalue weighted by atomic mass is 16.2. The number of imide groups is 2. The minimum Gasteiger partial charge on any atom is -0.277 e. The Labute approximate surface area is 150 Å². The Hall–Kier alpha value is -3.01. The Balaban J connectivity index is 1.59. The molecule has 4 amide bonds. The Morgan fingerprint density at radius 2 is 2.00 bits per heavy atom. The van der Waals surface area contributed by atoms with Crippen LogP contribution in [0.25, 0.3) is 0 Å². The summed E-state index contributed by atoms with van der Waals surface area (Å²) in [7, 11) is 0. The van der Waals surface area contributed by atoms with Gasteiger partial charge in [0.25, 0.3) is 0 Å². The first-order chi connectivity index (χ1) is 12.6. The number of carbonyl (C=O) groups is 3. The molecule has 3 fully saturated rings. The first-order valence-corrected chi connectivity index (χ1v) is 8.79. The number of nitrogens with one attached hydrogen (secondary N) is 1. The van der Waals surface area contributed by atoms with Gasteiger partial charge >= 0.3 is 6.03 Å². The molecule has 1 aromatic rings. The van der Waals surface area contributed by atoms with Gasteiger partial charge in [-0.05, 0) is 43.2 Å². The number of hydrogen-bond acceptors (Lipinski definition) is 5. The summed E-state index contributed by atoms with van der Waals surface area (Å²) < 4.78 is 0. The predicted molar refractivity (Wildman–Crippen MR) is 92.4 cm³/mol. The SMILES string of the molecule is N#Cc1ccccc1N=C[C@H]1C(=O)NC(=O)N([C@H]2C[C@H]3CC[C@H]2C3)C1=O. The minimum absolute atomic E-state index is 0.128. The van der Waals surface area contributed by atoms with Gasteiger partial charge in [0.15, 0.2) is 5.92 Å². The van der Waals surface area contributed by atoms with E-state index in [0.717, 1.165) is 25.7 Å². The fourth-order valence-electron chi connectivity index (χ4n) is 4.41. The van der Waals surface area contributed by atoms with E-state index in [1.165, 1.54) is 11.1 Å². The number of nitriles is 1. The fraction of sp³-hybridized carbons (Fsp3) is 0.421. The first-order valence-electron chi connectivity index (χ1n) is 8.79. The molecule has 7 heteroatoms. The van der Waals surface area contributed by atoms with E-state index in [0.29, 0.717) is 23.1 Å². The van der Waals surface area contributed by atoms with Gasteiger partial charge in [0.05, 0.1) is 11.3 Å². The summed E-state index contributed by atoms with van der Waals surface area (Å²) in [5, 5.41) is 11.4. The molecule has 1 aromatic carbocycles. The summed E-state index contributed by atoms with van der Waals surface area (Å²) >= 11 is 0. The maximum absolute atomic E-state index is 12.9. The molecule has 132 valence electrons. The number of rotatable bonds is 3. The highest BCUT2D eigenvalue weighted by Crippen LogP contribution is 2.47. The zero-order valence-electron chi connectivity index (χ0n) is 14.1. The van der Waals surface area contributed by atoms with Crippen LogP contribution in [0.3, 0.4) is 0 Å². The first kappa shape index (κ1) is 16.5. The largest absolute Gasteiger partial charge is 0.331 e. The lowest BCUT2D eigenvalue weighted by Crippen LogP contribution is -2.62. The third-order valence-electron chi connectivity index (χ3n) is 5.65. The highest BCUT2D eigenvalue weighted by molar-refractivity contribution is 6.23. The average molecular weight is 350 g/mol. The summed E-state index contributed by atoms with van der Waals surface area (Å²) in [5.74, 6) is -1.44. The number of amides is 4. The zero-order valence-corrected chi connectivity index (χ0v) is 14.1. The fourth-order valence-corrected chi connectivity index (χ4v) is 4.41. The molecule has 1 aliphatic heterocycles. The molecule has 2 bridgehead atoms. The van der Waals surface area contributed by atoms with E-state index in [-0.39, 0.29) is 6.04 Å². The number of urea groups is 1. The number of hydrogen-bond donors (Lipinski definition) is 1. The molecule has 7 nitrogen and oxygen atoms in total. The molecule has 2 aliphatic carbocycles. The van der Waals surface area contributed by atoms with Crippen molar-refractivity contribution in [1.29, 1.82) is 5.26 Å². The second-order valence-corrected chi connectivity index (χ2v) is 7.13. The van der Waals surface area contributed by atoms with Crippen molar-refractivity contribution in [1.82, 2.24) is 10.2 Å². The lowest BCUT2D eigenvalue weighted by Gasteiger charge is -2.36. The Kier molecular flexibility index (Phi) is 4.03. The van der Waals surface area contributed by atoms with Crippen molar-refractivity contribution < 1.29 is 14.4 Å². The standard InChI is InChI=1S/C19H18N4O3/c20-9-13-3-1-2-4-15(13)21-10-14-17(24)22-19(26)23(18(14)25)16-8-11-5-6-12(16)7-11/h1-4,10-12,14,16H,5-8H2,(H,22,24,26)/t11-,12-,14-,16-/m0/s1. The number of carbonyl (C=O) groups excluding carboxylic acids is 3. The number of barbiturate groups is 1. The Morgan fingerprint density at radius 3 is 2.69 bits per heavy atom. The molecular weight excluding hydrogens is 332 g/mol. The zero-order chi connectivity index (χ0) is 18.3. The number of aliphatic imine (C=N–C) groups is 1. The normalized spacial score (nSPS) is 30.7. The van der Waals surface area contributed by atoms with Gasteiger partial charge in [-0.2, -0.15) is 5.26 Å². The van der Waals surface area contributed by atoms with Gasteiger partial charge in [0, 0.05) is 12.3 Å². The predicted octanol–water partition coefficient (Wildman–Crippen LogP) is 2.14. The van der Waals surface area contributed by atoms with Crippen molar-refractivity contribution in [2.45, 2.75) is 31.7 Å². The lowest BCUT2D eigenvalue weighted by molar-refractivity contribution is -0.141. The van der Waals surface area contributed by atoms with Crippen LogP contribution in [-0.2, 0) is 9.59 Å². The third kappa shape index (κ3) is 2.68. The van der Waals surface area contributed by atoms with Crippen molar-refractivity contribution in [3.8, 4) is 6.07 Å². The van der Waals surface area contributed by atoms with Crippen LogP contribution < -0.4 is 5.32 Å². The van der Waals surface area contributed by atoms with Crippen LogP contribution in [0.4, 0.5) is 10.5 Å². The Morgan fingerprint density at radius 1 is 1.19 bits per heavy atom. The quantitative estimate of drug-likeness (QED) is 0.666. The molecule has 26 heavy (non-hydrogen) atoms. The van der Waals surface area contributed by atoms with Crippen molar-refractivity contribution in [3.63, 3.8) is 0 Å². The second-order valence-electron chi connectivity index (χ2n) is 7.13. The van der Waals surface area contributed by atoms with Crippen molar-refractivity contribution in [2.24, 2.45) is 22.7 Å². The van der Waals surface area contributed by atoms with Crippen LogP contribution in [0.15, 0.2) is 29.3 Å². The van der Waals surface area contributed by atoms with E-state index in [2.05, 4.69) is 10.3 Å². The van der Waals surface area contributed by atoms with Crippen LogP contribution in [0.5, 0.6) is 0 Å². The number of benzene rings is 1. The number of para-hydroxylation sites is 1. The van der Waals surface area contributed by atoms with Gasteiger partial charge in [-0.1, -0.05) is 18.6 Å². The maximum Gasteiger partial charge on any atom is 0.331 e. The average Bonchev–Trinajstić information content (AvgIpc) is 3.25. The van der Waals surface area contributed by atoms with E-state index in [1.807, 2.05) is 6.07 Å². The molecule has 0 radical (unpaired) electrons. The van der Waals surface area contributed by atoms with Crippen molar-refractivity contribution in [2.75, 3.05) is 0 Å². The maximum atomic E-state index is 12.9. The van der Waals surface area contributed by atoms with Gasteiger partial charge in [0.2, 0.25) is 11.8 Å². The summed E-state index contributed by atoms with van der Waals surface area (Å²) in [4.78, 5) is 42.7. The Bertz CT molecular complexity index is 857. The highest BCUT2D eigenvalue weighted by Gasteiger charge is 2.50. The van der Waals surface area contributed by atoms with E-state index in [1.54, 1.807) is 24.3 Å². The molecule has 0 unspecified atom stereocenters.